The lowest BCUT2D eigenvalue weighted by atomic mass is 10.4. The summed E-state index contributed by atoms with van der Waals surface area (Å²) in [4.78, 5) is 15.4. The van der Waals surface area contributed by atoms with Gasteiger partial charge in [0.05, 0.1) is 5.69 Å². The molecule has 7 heteroatoms. The molecule has 1 amide bonds. The Hall–Kier alpha value is -2.57. The molecule has 0 radical (unpaired) electrons. The number of nitrogens with two attached hydrogens (primary N) is 2. The highest BCUT2D eigenvalue weighted by atomic mass is 16.1. The number of pyridine rings is 1. The first-order chi connectivity index (χ1) is 8.11. The molecule has 0 spiro atoms. The van der Waals surface area contributed by atoms with E-state index in [-0.39, 0.29) is 11.7 Å². The van der Waals surface area contributed by atoms with Crippen LogP contribution < -0.4 is 16.8 Å². The largest absolute Gasteiger partial charge is 0.396 e. The molecule has 17 heavy (non-hydrogen) atoms. The second-order valence-corrected chi connectivity index (χ2v) is 3.37. The number of aromatic nitrogens is 3. The molecule has 0 aliphatic heterocycles. The number of nitrogens with one attached hydrogen (secondary N) is 1. The zero-order valence-corrected chi connectivity index (χ0v) is 9.21. The standard InChI is InChI=1S/C10H12N6O/c1-13-10(17)7-4-5-16(15-7)8-3-2-6(11)9(12)14-8/h2-5H,11H2,1H3,(H2,12,14)(H,13,17). The number of carbonyl (C=O) groups is 1. The Bertz CT molecular complexity index is 562. The zero-order chi connectivity index (χ0) is 12.4. The molecule has 0 aromatic carbocycles. The first-order valence-corrected chi connectivity index (χ1v) is 4.92. The van der Waals surface area contributed by atoms with Gasteiger partial charge in [0.1, 0.15) is 5.82 Å². The van der Waals surface area contributed by atoms with Crippen LogP contribution in [0, 0.1) is 0 Å². The Morgan fingerprint density at radius 2 is 2.12 bits per heavy atom. The number of carbonyl (C=O) groups excluding carboxylic acids is 1. The van der Waals surface area contributed by atoms with Crippen molar-refractivity contribution in [2.24, 2.45) is 0 Å². The van der Waals surface area contributed by atoms with Crippen molar-refractivity contribution in [2.45, 2.75) is 0 Å². The summed E-state index contributed by atoms with van der Waals surface area (Å²) in [6, 6.07) is 4.90. The van der Waals surface area contributed by atoms with Gasteiger partial charge in [-0.15, -0.1) is 0 Å². The van der Waals surface area contributed by atoms with Gasteiger partial charge in [-0.1, -0.05) is 0 Å². The summed E-state index contributed by atoms with van der Waals surface area (Å²) in [5.74, 6) is 0.485. The molecule has 2 rings (SSSR count). The van der Waals surface area contributed by atoms with Gasteiger partial charge in [0.15, 0.2) is 11.5 Å². The van der Waals surface area contributed by atoms with Crippen molar-refractivity contribution >= 4 is 17.4 Å². The summed E-state index contributed by atoms with van der Waals surface area (Å²) in [6.45, 7) is 0. The minimum Gasteiger partial charge on any atom is -0.396 e. The van der Waals surface area contributed by atoms with Gasteiger partial charge >= 0.3 is 0 Å². The highest BCUT2D eigenvalue weighted by Crippen LogP contribution is 2.14. The van der Waals surface area contributed by atoms with Crippen LogP contribution >= 0.6 is 0 Å². The fourth-order valence-corrected chi connectivity index (χ4v) is 1.30. The summed E-state index contributed by atoms with van der Waals surface area (Å²) in [7, 11) is 1.54. The van der Waals surface area contributed by atoms with Crippen molar-refractivity contribution in [1.82, 2.24) is 20.1 Å². The molecule has 2 aromatic rings. The summed E-state index contributed by atoms with van der Waals surface area (Å²) >= 11 is 0. The molecular weight excluding hydrogens is 220 g/mol. The van der Waals surface area contributed by atoms with E-state index in [9.17, 15) is 4.79 Å². The van der Waals surface area contributed by atoms with Crippen molar-refractivity contribution in [1.29, 1.82) is 0 Å². The number of nitrogens with zero attached hydrogens (tertiary/aromatic N) is 3. The van der Waals surface area contributed by atoms with Gasteiger partial charge in [0.25, 0.3) is 5.91 Å². The normalized spacial score (nSPS) is 10.2. The van der Waals surface area contributed by atoms with Crippen LogP contribution in [0.2, 0.25) is 0 Å². The topological polar surface area (TPSA) is 112 Å². The molecule has 88 valence electrons. The third kappa shape index (κ3) is 2.03. The van der Waals surface area contributed by atoms with Crippen LogP contribution in [0.1, 0.15) is 10.5 Å². The lowest BCUT2D eigenvalue weighted by molar-refractivity contribution is 0.0957. The number of hydrogen-bond donors (Lipinski definition) is 3. The monoisotopic (exact) mass is 232 g/mol. The van der Waals surface area contributed by atoms with E-state index in [2.05, 4.69) is 15.4 Å². The van der Waals surface area contributed by atoms with Gasteiger partial charge in [-0.05, 0) is 18.2 Å². The first-order valence-electron chi connectivity index (χ1n) is 4.92. The summed E-state index contributed by atoms with van der Waals surface area (Å²) in [5.41, 5.74) is 11.9. The van der Waals surface area contributed by atoms with E-state index in [1.165, 1.54) is 4.68 Å². The maximum absolute atomic E-state index is 11.3. The fraction of sp³-hybridized carbons (Fsp3) is 0.100. The molecule has 0 fully saturated rings. The highest BCUT2D eigenvalue weighted by molar-refractivity contribution is 5.91. The van der Waals surface area contributed by atoms with E-state index in [1.807, 2.05) is 0 Å². The average Bonchev–Trinajstić information content (AvgIpc) is 2.81. The van der Waals surface area contributed by atoms with Gasteiger partial charge in [-0.25, -0.2) is 9.67 Å². The summed E-state index contributed by atoms with van der Waals surface area (Å²) in [6.07, 6.45) is 1.63. The molecule has 0 bridgehead atoms. The van der Waals surface area contributed by atoms with E-state index < -0.39 is 0 Å². The van der Waals surface area contributed by atoms with Crippen molar-refractivity contribution < 1.29 is 4.79 Å². The predicted molar refractivity (Wildman–Crippen MR) is 63.6 cm³/mol. The molecular formula is C10H12N6O. The van der Waals surface area contributed by atoms with E-state index >= 15 is 0 Å². The number of nitrogen functional groups attached to an aromatic ring is 2. The van der Waals surface area contributed by atoms with Gasteiger partial charge < -0.3 is 16.8 Å². The lowest BCUT2D eigenvalue weighted by Crippen LogP contribution is -2.18. The second kappa shape index (κ2) is 4.12. The smallest absolute Gasteiger partial charge is 0.271 e. The van der Waals surface area contributed by atoms with Crippen LogP contribution in [-0.4, -0.2) is 27.7 Å². The molecule has 0 unspecified atom stereocenters. The molecule has 5 N–H and O–H groups in total. The Balaban J connectivity index is 2.37. The van der Waals surface area contributed by atoms with Gasteiger partial charge in [-0.3, -0.25) is 4.79 Å². The molecule has 2 heterocycles. The average molecular weight is 232 g/mol. The van der Waals surface area contributed by atoms with Crippen LogP contribution in [0.15, 0.2) is 24.4 Å². The van der Waals surface area contributed by atoms with E-state index in [0.717, 1.165) is 0 Å². The lowest BCUT2D eigenvalue weighted by Gasteiger charge is -2.03. The number of rotatable bonds is 2. The molecule has 7 nitrogen and oxygen atoms in total. The van der Waals surface area contributed by atoms with Crippen molar-refractivity contribution in [3.05, 3.63) is 30.1 Å². The number of amides is 1. The molecule has 0 atom stereocenters. The number of hydrogen-bond acceptors (Lipinski definition) is 5. The van der Waals surface area contributed by atoms with Gasteiger partial charge in [0, 0.05) is 13.2 Å². The van der Waals surface area contributed by atoms with Crippen molar-refractivity contribution in [2.75, 3.05) is 18.5 Å². The predicted octanol–water partition coefficient (Wildman–Crippen LogP) is -0.209. The maximum atomic E-state index is 11.3. The van der Waals surface area contributed by atoms with Crippen LogP contribution in [0.25, 0.3) is 5.82 Å². The van der Waals surface area contributed by atoms with E-state index in [1.54, 1.807) is 31.4 Å². The van der Waals surface area contributed by atoms with Crippen LogP contribution in [-0.2, 0) is 0 Å². The van der Waals surface area contributed by atoms with Crippen molar-refractivity contribution in [3.8, 4) is 5.82 Å². The van der Waals surface area contributed by atoms with Gasteiger partial charge in [0.2, 0.25) is 0 Å². The molecule has 0 aliphatic rings. The highest BCUT2D eigenvalue weighted by Gasteiger charge is 2.09. The molecule has 0 saturated heterocycles. The van der Waals surface area contributed by atoms with Crippen molar-refractivity contribution in [3.63, 3.8) is 0 Å². The summed E-state index contributed by atoms with van der Waals surface area (Å²) < 4.78 is 1.46. The third-order valence-electron chi connectivity index (χ3n) is 2.23. The first kappa shape index (κ1) is 10.9. The Morgan fingerprint density at radius 3 is 2.76 bits per heavy atom. The summed E-state index contributed by atoms with van der Waals surface area (Å²) in [5, 5.41) is 6.55. The van der Waals surface area contributed by atoms with E-state index in [4.69, 9.17) is 11.5 Å². The van der Waals surface area contributed by atoms with Gasteiger partial charge in [-0.2, -0.15) is 5.10 Å². The Labute approximate surface area is 97.4 Å². The number of anilines is 2. The zero-order valence-electron chi connectivity index (χ0n) is 9.21. The van der Waals surface area contributed by atoms with Crippen LogP contribution in [0.4, 0.5) is 11.5 Å². The Morgan fingerprint density at radius 1 is 1.35 bits per heavy atom. The molecule has 0 aliphatic carbocycles. The third-order valence-corrected chi connectivity index (χ3v) is 2.23. The minimum absolute atomic E-state index is 0.236. The fourth-order valence-electron chi connectivity index (χ4n) is 1.30. The van der Waals surface area contributed by atoms with Crippen LogP contribution in [0.5, 0.6) is 0 Å². The quantitative estimate of drug-likeness (QED) is 0.663. The SMILES string of the molecule is CNC(=O)c1ccn(-c2ccc(N)c(N)n2)n1. The van der Waals surface area contributed by atoms with Crippen LogP contribution in [0.3, 0.4) is 0 Å². The molecule has 0 saturated carbocycles. The Kier molecular flexibility index (Phi) is 2.65. The second-order valence-electron chi connectivity index (χ2n) is 3.37. The molecule has 2 aromatic heterocycles. The maximum Gasteiger partial charge on any atom is 0.271 e. The minimum atomic E-state index is -0.257. The van der Waals surface area contributed by atoms with E-state index in [0.29, 0.717) is 17.2 Å².